The fourth-order valence-electron chi connectivity index (χ4n) is 6.65. The summed E-state index contributed by atoms with van der Waals surface area (Å²) in [6.07, 6.45) is -8.61. The summed E-state index contributed by atoms with van der Waals surface area (Å²) < 4.78 is 119. The van der Waals surface area contributed by atoms with Crippen molar-refractivity contribution in [3.63, 3.8) is 0 Å². The number of nitrogens with zero attached hydrogens (tertiary/aromatic N) is 2. The van der Waals surface area contributed by atoms with E-state index in [1.807, 2.05) is 73.1 Å². The van der Waals surface area contributed by atoms with Crippen molar-refractivity contribution in [1.29, 1.82) is 0 Å². The van der Waals surface area contributed by atoms with Gasteiger partial charge in [0.2, 0.25) is 0 Å². The number of carbonyl (C=O) groups excluding carboxylic acids is 1. The van der Waals surface area contributed by atoms with Gasteiger partial charge in [-0.3, -0.25) is 4.79 Å². The Balaban J connectivity index is 0.000000320. The van der Waals surface area contributed by atoms with E-state index < -0.39 is 29.8 Å². The van der Waals surface area contributed by atoms with E-state index in [-0.39, 0.29) is 28.6 Å². The molecule has 430 valence electrons. The average molecular weight is 1120 g/mol. The maximum Gasteiger partial charge on any atom is 0.573 e. The Hall–Kier alpha value is -7.61. The van der Waals surface area contributed by atoms with Crippen LogP contribution in [-0.2, 0) is 17.8 Å². The molecular formula is C66H75F9N2O3. The van der Waals surface area contributed by atoms with Crippen molar-refractivity contribution in [1.82, 2.24) is 9.55 Å². The van der Waals surface area contributed by atoms with Gasteiger partial charge in [0.05, 0.1) is 24.1 Å². The van der Waals surface area contributed by atoms with Crippen LogP contribution in [0.2, 0.25) is 0 Å². The lowest BCUT2D eigenvalue weighted by molar-refractivity contribution is -0.274. The van der Waals surface area contributed by atoms with Crippen LogP contribution in [0.4, 0.5) is 39.5 Å². The molecule has 0 aliphatic heterocycles. The van der Waals surface area contributed by atoms with Crippen molar-refractivity contribution in [3.8, 4) is 17.2 Å². The lowest BCUT2D eigenvalue weighted by Crippen LogP contribution is -2.16. The second-order valence-electron chi connectivity index (χ2n) is 20.1. The summed E-state index contributed by atoms with van der Waals surface area (Å²) in [5.74, 6) is 1.55. The first-order valence-corrected chi connectivity index (χ1v) is 25.7. The van der Waals surface area contributed by atoms with Crippen molar-refractivity contribution in [3.05, 3.63) is 249 Å². The highest BCUT2D eigenvalue weighted by Gasteiger charge is 2.36. The zero-order valence-electron chi connectivity index (χ0n) is 48.1. The topological polar surface area (TPSA) is 53.4 Å². The average Bonchev–Trinajstić information content (AvgIpc) is 3.92. The first-order chi connectivity index (χ1) is 37.2. The first kappa shape index (κ1) is 68.5. The Labute approximate surface area is 467 Å². The number of ketones is 1. The lowest BCUT2D eigenvalue weighted by Gasteiger charge is -2.18. The minimum Gasteiger partial charge on any atom is -0.494 e. The van der Waals surface area contributed by atoms with E-state index in [1.54, 1.807) is 38.5 Å². The van der Waals surface area contributed by atoms with Crippen molar-refractivity contribution < 1.29 is 53.8 Å². The minimum atomic E-state index is -4.76. The van der Waals surface area contributed by atoms with Gasteiger partial charge in [-0.15, -0.1) is 13.2 Å². The molecule has 0 unspecified atom stereocenters. The highest BCUT2D eigenvalue weighted by atomic mass is 19.4. The fraction of sp³-hybridized carbons (Fsp3) is 0.303. The van der Waals surface area contributed by atoms with Crippen LogP contribution in [0.1, 0.15) is 126 Å². The predicted molar refractivity (Wildman–Crippen MR) is 306 cm³/mol. The Bertz CT molecular complexity index is 2960. The smallest absolute Gasteiger partial charge is 0.494 e. The summed E-state index contributed by atoms with van der Waals surface area (Å²) in [6, 6.07) is 48.6. The first-order valence-electron chi connectivity index (χ1n) is 25.7. The van der Waals surface area contributed by atoms with Crippen LogP contribution in [0.5, 0.6) is 11.5 Å². The summed E-state index contributed by atoms with van der Waals surface area (Å²) in [7, 11) is 0. The van der Waals surface area contributed by atoms with Crippen molar-refractivity contribution in [2.75, 3.05) is 6.61 Å². The molecule has 0 aliphatic rings. The Morgan fingerprint density at radius 1 is 0.512 bits per heavy atom. The van der Waals surface area contributed by atoms with E-state index in [9.17, 15) is 44.3 Å². The lowest BCUT2D eigenvalue weighted by atomic mass is 9.87. The van der Waals surface area contributed by atoms with E-state index in [1.165, 1.54) is 52.4 Å². The summed E-state index contributed by atoms with van der Waals surface area (Å²) in [6.45, 7) is 28.8. The van der Waals surface area contributed by atoms with Gasteiger partial charge in [-0.2, -0.15) is 26.3 Å². The molecule has 7 aromatic carbocycles. The van der Waals surface area contributed by atoms with E-state index in [4.69, 9.17) is 4.74 Å². The highest BCUT2D eigenvalue weighted by molar-refractivity contribution is 5.94. The molecule has 5 nitrogen and oxygen atoms in total. The van der Waals surface area contributed by atoms with Crippen molar-refractivity contribution >= 4 is 5.78 Å². The maximum absolute atomic E-state index is 12.2. The number of aryl methyl sites for hydroxylation is 7. The number of halogens is 9. The molecule has 0 aliphatic carbocycles. The molecule has 0 saturated carbocycles. The zero-order chi connectivity index (χ0) is 60.4. The molecule has 8 aromatic rings. The van der Waals surface area contributed by atoms with Crippen molar-refractivity contribution in [2.45, 2.75) is 127 Å². The zero-order valence-corrected chi connectivity index (χ0v) is 48.1. The SMILES string of the molecule is CC(=O)c1cccc(C)c1.CCOc1ccc(C)cc1.Cc1cc(C(F)(F)F)cc(C(F)(F)F)c1.Cc1ccc(-n2ccnc2)cc1.Cc1ccc(C(C)(C)C)cc1.Cc1ccc(C(C)C)cc1.Cc1ccc(OC(F)(F)F)cc1. The van der Waals surface area contributed by atoms with E-state index in [2.05, 4.69) is 145 Å². The number of imidazole rings is 1. The summed E-state index contributed by atoms with van der Waals surface area (Å²) in [4.78, 5) is 14.8. The third-order valence-corrected chi connectivity index (χ3v) is 11.2. The monoisotopic (exact) mass is 1110 g/mol. The molecule has 0 fully saturated rings. The standard InChI is InChI=1S/C11H16.C10H10N2.C10H14.C9H6F6.C9H10O.C9H12O.C8H7F3O/c1-9-5-7-10(8-6-9)11(2,3)4;1-9-2-4-10(5-3-9)12-7-6-11-8-12;1-8(2)10-6-4-9(3)5-7-10;1-5-2-6(8(10,11)12)4-7(3-5)9(13,14)15;1-7-4-3-5-9(6-7)8(2)10;1-3-10-9-6-4-8(2)5-7-9;1-6-2-4-7(5-3-6)12-8(9,10)11/h5-8H,1-4H3;2-8H,1H3;4-8H,1-3H3;2-4H,1H3;3-6H,1-2H3;4-7H,3H2,1-2H3;2-5H,1H3. The summed E-state index contributed by atoms with van der Waals surface area (Å²) >= 11 is 0. The maximum atomic E-state index is 12.2. The number of hydrogen-bond donors (Lipinski definition) is 0. The van der Waals surface area contributed by atoms with Crippen LogP contribution in [0.3, 0.4) is 0 Å². The molecule has 1 aromatic heterocycles. The number of alkyl halides is 9. The number of aromatic nitrogens is 2. The molecule has 1 heterocycles. The largest absolute Gasteiger partial charge is 0.573 e. The third-order valence-electron chi connectivity index (χ3n) is 11.2. The predicted octanol–water partition coefficient (Wildman–Crippen LogP) is 20.1. The fourth-order valence-corrected chi connectivity index (χ4v) is 6.65. The van der Waals surface area contributed by atoms with Gasteiger partial charge in [-0.1, -0.05) is 171 Å². The van der Waals surface area contributed by atoms with Crippen LogP contribution in [0, 0.1) is 48.5 Å². The molecule has 14 heteroatoms. The molecule has 0 amide bonds. The Morgan fingerprint density at radius 3 is 1.29 bits per heavy atom. The van der Waals surface area contributed by atoms with Crippen LogP contribution in [0.25, 0.3) is 5.69 Å². The molecule has 0 atom stereocenters. The number of carbonyl (C=O) groups is 1. The summed E-state index contributed by atoms with van der Waals surface area (Å²) in [5, 5.41) is 0. The third kappa shape index (κ3) is 28.3. The quantitative estimate of drug-likeness (QED) is 0.123. The van der Waals surface area contributed by atoms with Gasteiger partial charge in [0.25, 0.3) is 0 Å². The second kappa shape index (κ2) is 32.5. The number of hydrogen-bond acceptors (Lipinski definition) is 4. The van der Waals surface area contributed by atoms with Gasteiger partial charge in [0.15, 0.2) is 5.78 Å². The molecule has 0 bridgehead atoms. The van der Waals surface area contributed by atoms with Gasteiger partial charge in [-0.25, -0.2) is 4.98 Å². The number of Topliss-reactive ketones (excluding diaryl/α,β-unsaturated/α-hetero) is 1. The molecule has 0 saturated heterocycles. The van der Waals surface area contributed by atoms with Crippen LogP contribution >= 0.6 is 0 Å². The normalized spacial score (nSPS) is 10.9. The number of benzene rings is 7. The molecule has 8 rings (SSSR count). The van der Waals surface area contributed by atoms with Crippen molar-refractivity contribution in [2.24, 2.45) is 0 Å². The molecule has 80 heavy (non-hydrogen) atoms. The number of ether oxygens (including phenoxy) is 2. The highest BCUT2D eigenvalue weighted by Crippen LogP contribution is 2.36. The van der Waals surface area contributed by atoms with Gasteiger partial charge in [0.1, 0.15) is 11.5 Å². The second-order valence-corrected chi connectivity index (χ2v) is 20.1. The van der Waals surface area contributed by atoms with E-state index in [0.717, 1.165) is 34.7 Å². The molecule has 0 radical (unpaired) electrons. The van der Waals surface area contributed by atoms with Crippen LogP contribution < -0.4 is 9.47 Å². The molecule has 0 N–H and O–H groups in total. The van der Waals surface area contributed by atoms with Crippen LogP contribution in [0.15, 0.2) is 183 Å². The molecular weight excluding hydrogens is 1040 g/mol. The Morgan fingerprint density at radius 2 is 0.938 bits per heavy atom. The van der Waals surface area contributed by atoms with Gasteiger partial charge < -0.3 is 14.0 Å². The van der Waals surface area contributed by atoms with Crippen LogP contribution in [-0.4, -0.2) is 28.3 Å². The van der Waals surface area contributed by atoms with Gasteiger partial charge in [-0.05, 0) is 151 Å². The van der Waals surface area contributed by atoms with Gasteiger partial charge in [0, 0.05) is 23.6 Å². The van der Waals surface area contributed by atoms with Gasteiger partial charge >= 0.3 is 18.7 Å². The molecule has 0 spiro atoms. The Kier molecular flexibility index (Phi) is 27.8. The van der Waals surface area contributed by atoms with E-state index >= 15 is 0 Å². The number of rotatable bonds is 6. The van der Waals surface area contributed by atoms with E-state index in [0.29, 0.717) is 18.1 Å². The minimum absolute atomic E-state index is 0.0721. The summed E-state index contributed by atoms with van der Waals surface area (Å²) in [5.41, 5.74) is 9.66.